The van der Waals surface area contributed by atoms with Crippen molar-refractivity contribution < 1.29 is 9.47 Å². The van der Waals surface area contributed by atoms with Crippen LogP contribution >= 0.6 is 0 Å². The van der Waals surface area contributed by atoms with Gasteiger partial charge in [0.2, 0.25) is 0 Å². The fourth-order valence-corrected chi connectivity index (χ4v) is 4.34. The van der Waals surface area contributed by atoms with E-state index in [1.807, 2.05) is 0 Å². The minimum atomic E-state index is -0.122. The molecule has 0 aliphatic carbocycles. The van der Waals surface area contributed by atoms with E-state index in [1.54, 1.807) is 0 Å². The molecule has 4 atom stereocenters. The summed E-state index contributed by atoms with van der Waals surface area (Å²) in [4.78, 5) is 2.62. The number of rotatable bonds is 4. The van der Waals surface area contributed by atoms with Crippen molar-refractivity contribution in [3.05, 3.63) is 0 Å². The highest BCUT2D eigenvalue weighted by molar-refractivity contribution is 5.06. The van der Waals surface area contributed by atoms with Crippen molar-refractivity contribution in [3.63, 3.8) is 0 Å². The van der Waals surface area contributed by atoms with Gasteiger partial charge in [0.1, 0.15) is 0 Å². The monoisotopic (exact) mass is 298 g/mol. The van der Waals surface area contributed by atoms with Gasteiger partial charge in [0.15, 0.2) is 0 Å². The lowest BCUT2D eigenvalue weighted by atomic mass is 9.81. The van der Waals surface area contributed by atoms with Gasteiger partial charge in [0, 0.05) is 31.1 Å². The molecular weight excluding hydrogens is 264 g/mol. The Kier molecular flexibility index (Phi) is 5.04. The maximum absolute atomic E-state index is 6.37. The van der Waals surface area contributed by atoms with E-state index in [9.17, 15) is 0 Å². The Morgan fingerprint density at radius 3 is 2.43 bits per heavy atom. The van der Waals surface area contributed by atoms with Crippen LogP contribution < -0.4 is 5.32 Å². The van der Waals surface area contributed by atoms with Crippen molar-refractivity contribution in [3.8, 4) is 0 Å². The largest absolute Gasteiger partial charge is 0.376 e. The predicted octanol–water partition coefficient (Wildman–Crippen LogP) is 2.28. The molecule has 0 aromatic carbocycles. The Hall–Kier alpha value is -0.160. The van der Waals surface area contributed by atoms with Gasteiger partial charge in [-0.15, -0.1) is 0 Å². The molecule has 4 unspecified atom stereocenters. The molecule has 0 aromatic rings. The van der Waals surface area contributed by atoms with Gasteiger partial charge in [0.05, 0.1) is 23.9 Å². The normalized spacial score (nSPS) is 39.6. The summed E-state index contributed by atoms with van der Waals surface area (Å²) >= 11 is 0. The number of ether oxygens (including phenoxy) is 2. The SMILES string of the molecule is CCC1COC(C)CN1CC1C(NC)C(C)(C)OC1(C)C. The third kappa shape index (κ3) is 3.44. The van der Waals surface area contributed by atoms with Gasteiger partial charge in [-0.3, -0.25) is 4.90 Å². The van der Waals surface area contributed by atoms with Crippen LogP contribution in [-0.4, -0.2) is 61.0 Å². The highest BCUT2D eigenvalue weighted by Crippen LogP contribution is 2.42. The standard InChI is InChI=1S/C17H34N2O2/c1-8-13-11-20-12(2)9-19(13)10-14-15(18-7)17(5,6)21-16(14,3)4/h12-15,18H,8-11H2,1-7H3. The number of hydrogen-bond acceptors (Lipinski definition) is 4. The summed E-state index contributed by atoms with van der Waals surface area (Å²) in [5, 5.41) is 3.51. The fourth-order valence-electron chi connectivity index (χ4n) is 4.34. The molecule has 21 heavy (non-hydrogen) atoms. The summed E-state index contributed by atoms with van der Waals surface area (Å²) in [6, 6.07) is 0.918. The predicted molar refractivity (Wildman–Crippen MR) is 86.6 cm³/mol. The van der Waals surface area contributed by atoms with E-state index in [0.29, 0.717) is 24.1 Å². The summed E-state index contributed by atoms with van der Waals surface area (Å²) in [6.45, 7) is 16.3. The number of nitrogens with one attached hydrogen (secondary N) is 1. The molecule has 2 fully saturated rings. The fraction of sp³-hybridized carbons (Fsp3) is 1.00. The lowest BCUT2D eigenvalue weighted by Crippen LogP contribution is -2.55. The Morgan fingerprint density at radius 2 is 1.86 bits per heavy atom. The molecule has 1 N–H and O–H groups in total. The Balaban J connectivity index is 2.15. The van der Waals surface area contributed by atoms with Crippen LogP contribution in [0.2, 0.25) is 0 Å². The van der Waals surface area contributed by atoms with Crippen LogP contribution in [0.25, 0.3) is 0 Å². The lowest BCUT2D eigenvalue weighted by molar-refractivity contribution is -0.0910. The molecule has 0 saturated carbocycles. The summed E-state index contributed by atoms with van der Waals surface area (Å²) in [5.41, 5.74) is -0.223. The zero-order valence-corrected chi connectivity index (χ0v) is 14.9. The number of nitrogens with zero attached hydrogens (tertiary/aromatic N) is 1. The van der Waals surface area contributed by atoms with Gasteiger partial charge in [-0.25, -0.2) is 0 Å². The summed E-state index contributed by atoms with van der Waals surface area (Å²) in [6.07, 6.45) is 1.48. The molecule has 0 bridgehead atoms. The minimum absolute atomic E-state index is 0.100. The van der Waals surface area contributed by atoms with E-state index < -0.39 is 0 Å². The zero-order valence-electron chi connectivity index (χ0n) is 14.9. The average Bonchev–Trinajstić information content (AvgIpc) is 2.54. The van der Waals surface area contributed by atoms with Crippen LogP contribution in [0, 0.1) is 5.92 Å². The first-order valence-corrected chi connectivity index (χ1v) is 8.44. The third-order valence-electron chi connectivity index (χ3n) is 5.37. The minimum Gasteiger partial charge on any atom is -0.376 e. The van der Waals surface area contributed by atoms with Gasteiger partial charge >= 0.3 is 0 Å². The summed E-state index contributed by atoms with van der Waals surface area (Å²) in [5.74, 6) is 0.483. The van der Waals surface area contributed by atoms with Gasteiger partial charge in [-0.2, -0.15) is 0 Å². The molecule has 0 aromatic heterocycles. The molecule has 124 valence electrons. The maximum Gasteiger partial charge on any atom is 0.0790 e. The summed E-state index contributed by atoms with van der Waals surface area (Å²) in [7, 11) is 2.06. The number of hydrogen-bond donors (Lipinski definition) is 1. The second kappa shape index (κ2) is 6.15. The average molecular weight is 298 g/mol. The summed E-state index contributed by atoms with van der Waals surface area (Å²) < 4.78 is 12.2. The van der Waals surface area contributed by atoms with E-state index >= 15 is 0 Å². The molecule has 2 rings (SSSR count). The van der Waals surface area contributed by atoms with E-state index in [-0.39, 0.29) is 11.2 Å². The Labute approximate surface area is 130 Å². The molecule has 0 amide bonds. The first-order chi connectivity index (χ1) is 9.71. The molecule has 0 radical (unpaired) electrons. The van der Waals surface area contributed by atoms with E-state index in [2.05, 4.69) is 58.8 Å². The van der Waals surface area contributed by atoms with Gasteiger partial charge in [-0.05, 0) is 48.1 Å². The highest BCUT2D eigenvalue weighted by Gasteiger charge is 2.53. The third-order valence-corrected chi connectivity index (χ3v) is 5.37. The molecule has 2 aliphatic heterocycles. The first kappa shape index (κ1) is 17.2. The van der Waals surface area contributed by atoms with E-state index in [1.165, 1.54) is 0 Å². The number of morpholine rings is 1. The van der Waals surface area contributed by atoms with Crippen molar-refractivity contribution in [2.45, 2.75) is 77.4 Å². The van der Waals surface area contributed by atoms with Crippen molar-refractivity contribution in [1.82, 2.24) is 10.2 Å². The zero-order chi connectivity index (χ0) is 15.8. The topological polar surface area (TPSA) is 33.7 Å². The van der Waals surface area contributed by atoms with Crippen molar-refractivity contribution in [2.24, 2.45) is 5.92 Å². The molecule has 0 spiro atoms. The van der Waals surface area contributed by atoms with Crippen LogP contribution in [0.1, 0.15) is 48.0 Å². The smallest absolute Gasteiger partial charge is 0.0790 e. The molecular formula is C17H34N2O2. The van der Waals surface area contributed by atoms with Crippen LogP contribution in [-0.2, 0) is 9.47 Å². The Bertz CT molecular complexity index is 357. The molecule has 2 saturated heterocycles. The van der Waals surface area contributed by atoms with Crippen LogP contribution in [0.5, 0.6) is 0 Å². The molecule has 2 heterocycles. The van der Waals surface area contributed by atoms with Gasteiger partial charge in [0.25, 0.3) is 0 Å². The van der Waals surface area contributed by atoms with Crippen molar-refractivity contribution in [2.75, 3.05) is 26.7 Å². The Morgan fingerprint density at radius 1 is 1.19 bits per heavy atom. The van der Waals surface area contributed by atoms with E-state index in [4.69, 9.17) is 9.47 Å². The first-order valence-electron chi connectivity index (χ1n) is 8.44. The highest BCUT2D eigenvalue weighted by atomic mass is 16.5. The van der Waals surface area contributed by atoms with E-state index in [0.717, 1.165) is 26.1 Å². The second-order valence-corrected chi connectivity index (χ2v) is 7.84. The van der Waals surface area contributed by atoms with Crippen molar-refractivity contribution >= 4 is 0 Å². The van der Waals surface area contributed by atoms with Crippen LogP contribution in [0.15, 0.2) is 0 Å². The number of likely N-dealkylation sites (N-methyl/N-ethyl adjacent to an activating group) is 1. The van der Waals surface area contributed by atoms with Crippen LogP contribution in [0.4, 0.5) is 0 Å². The molecule has 4 heteroatoms. The van der Waals surface area contributed by atoms with Crippen LogP contribution in [0.3, 0.4) is 0 Å². The van der Waals surface area contributed by atoms with Gasteiger partial charge in [-0.1, -0.05) is 6.92 Å². The lowest BCUT2D eigenvalue weighted by Gasteiger charge is -2.42. The second-order valence-electron chi connectivity index (χ2n) is 7.84. The molecule has 4 nitrogen and oxygen atoms in total. The van der Waals surface area contributed by atoms with Crippen molar-refractivity contribution in [1.29, 1.82) is 0 Å². The molecule has 2 aliphatic rings. The maximum atomic E-state index is 6.37. The quantitative estimate of drug-likeness (QED) is 0.863. The van der Waals surface area contributed by atoms with Gasteiger partial charge < -0.3 is 14.8 Å².